The summed E-state index contributed by atoms with van der Waals surface area (Å²) in [5.74, 6) is 1.26. The van der Waals surface area contributed by atoms with Crippen LogP contribution < -0.4 is 4.90 Å². The van der Waals surface area contributed by atoms with Crippen molar-refractivity contribution in [1.82, 2.24) is 9.47 Å². The van der Waals surface area contributed by atoms with Crippen LogP contribution in [0.2, 0.25) is 0 Å². The Morgan fingerprint density at radius 3 is 2.33 bits per heavy atom. The number of nitrogens with zero attached hydrogens (tertiary/aromatic N) is 3. The van der Waals surface area contributed by atoms with Crippen LogP contribution in [0.15, 0.2) is 54.9 Å². The maximum atomic E-state index is 13.0. The lowest BCUT2D eigenvalue weighted by Gasteiger charge is -2.37. The molecule has 128 valence electrons. The number of hydrogen-bond donors (Lipinski definition) is 0. The molecule has 1 aliphatic rings. The van der Waals surface area contributed by atoms with Crippen molar-refractivity contribution in [2.24, 2.45) is 0 Å². The predicted molar refractivity (Wildman–Crippen MR) is 102 cm³/mol. The molecule has 24 heavy (non-hydrogen) atoms. The summed E-state index contributed by atoms with van der Waals surface area (Å²) in [5.41, 5.74) is 1.24. The van der Waals surface area contributed by atoms with Crippen molar-refractivity contribution in [3.63, 3.8) is 0 Å². The SMILES string of the molecule is CSCC[C@H](C(=O)N1CCN(c2ccccc2)CC1)n1cccc1. The van der Waals surface area contributed by atoms with Gasteiger partial charge in [0, 0.05) is 44.3 Å². The van der Waals surface area contributed by atoms with Crippen molar-refractivity contribution >= 4 is 23.4 Å². The van der Waals surface area contributed by atoms with Crippen LogP contribution in [-0.4, -0.2) is 53.6 Å². The molecule has 0 spiro atoms. The van der Waals surface area contributed by atoms with Crippen molar-refractivity contribution < 1.29 is 4.79 Å². The third kappa shape index (κ3) is 3.96. The second kappa shape index (κ2) is 8.29. The van der Waals surface area contributed by atoms with Crippen LogP contribution in [0, 0.1) is 0 Å². The van der Waals surface area contributed by atoms with Gasteiger partial charge in [0.25, 0.3) is 0 Å². The standard InChI is InChI=1S/C19H25N3OS/c1-24-16-9-18(21-10-5-6-11-21)19(23)22-14-12-20(13-15-22)17-7-3-2-4-8-17/h2-8,10-11,18H,9,12-16H2,1H3/t18-/m1/s1. The van der Waals surface area contributed by atoms with Gasteiger partial charge in [0.1, 0.15) is 6.04 Å². The maximum absolute atomic E-state index is 13.0. The minimum absolute atomic E-state index is 0.0734. The summed E-state index contributed by atoms with van der Waals surface area (Å²) < 4.78 is 2.06. The third-order valence-corrected chi connectivity index (χ3v) is 5.22. The van der Waals surface area contributed by atoms with E-state index in [0.717, 1.165) is 38.4 Å². The van der Waals surface area contributed by atoms with Crippen LogP contribution in [0.1, 0.15) is 12.5 Å². The van der Waals surface area contributed by atoms with E-state index in [2.05, 4.69) is 40.0 Å². The first-order valence-corrected chi connectivity index (χ1v) is 9.89. The van der Waals surface area contributed by atoms with Crippen molar-refractivity contribution in [3.05, 3.63) is 54.9 Å². The highest BCUT2D eigenvalue weighted by atomic mass is 32.2. The number of rotatable bonds is 6. The van der Waals surface area contributed by atoms with Gasteiger partial charge < -0.3 is 14.4 Å². The fourth-order valence-electron chi connectivity index (χ4n) is 3.22. The van der Waals surface area contributed by atoms with E-state index in [0.29, 0.717) is 0 Å². The highest BCUT2D eigenvalue weighted by molar-refractivity contribution is 7.98. The second-order valence-corrected chi connectivity index (χ2v) is 7.06. The van der Waals surface area contributed by atoms with Crippen LogP contribution in [-0.2, 0) is 4.79 Å². The Bertz CT molecular complexity index is 621. The predicted octanol–water partition coefficient (Wildman–Crippen LogP) is 3.13. The van der Waals surface area contributed by atoms with E-state index in [1.807, 2.05) is 35.5 Å². The zero-order valence-electron chi connectivity index (χ0n) is 14.2. The Labute approximate surface area is 148 Å². The van der Waals surface area contributed by atoms with Crippen molar-refractivity contribution in [1.29, 1.82) is 0 Å². The number of carbonyl (C=O) groups excluding carboxylic acids is 1. The molecular formula is C19H25N3OS. The van der Waals surface area contributed by atoms with Crippen LogP contribution in [0.4, 0.5) is 5.69 Å². The van der Waals surface area contributed by atoms with Gasteiger partial charge in [-0.25, -0.2) is 0 Å². The molecule has 0 saturated carbocycles. The highest BCUT2D eigenvalue weighted by Crippen LogP contribution is 2.21. The zero-order chi connectivity index (χ0) is 16.8. The van der Waals surface area contributed by atoms with Crippen LogP contribution in [0.5, 0.6) is 0 Å². The number of amides is 1. The van der Waals surface area contributed by atoms with Gasteiger partial charge in [0.05, 0.1) is 0 Å². The lowest BCUT2D eigenvalue weighted by atomic mass is 10.1. The Morgan fingerprint density at radius 2 is 1.71 bits per heavy atom. The molecule has 5 heteroatoms. The van der Waals surface area contributed by atoms with Gasteiger partial charge in [0.15, 0.2) is 0 Å². The molecule has 0 aliphatic carbocycles. The summed E-state index contributed by atoms with van der Waals surface area (Å²) >= 11 is 1.80. The van der Waals surface area contributed by atoms with Crippen molar-refractivity contribution in [3.8, 4) is 0 Å². The number of piperazine rings is 1. The molecule has 1 saturated heterocycles. The quantitative estimate of drug-likeness (QED) is 0.807. The summed E-state index contributed by atoms with van der Waals surface area (Å²) in [6, 6.07) is 14.4. The number of aromatic nitrogens is 1. The first-order chi connectivity index (χ1) is 11.8. The maximum Gasteiger partial charge on any atom is 0.245 e. The average Bonchev–Trinajstić information content (AvgIpc) is 3.17. The number of anilines is 1. The molecule has 1 amide bonds. The largest absolute Gasteiger partial charge is 0.368 e. The first-order valence-electron chi connectivity index (χ1n) is 8.50. The molecule has 1 aliphatic heterocycles. The normalized spacial score (nSPS) is 16.2. The second-order valence-electron chi connectivity index (χ2n) is 6.08. The molecule has 3 rings (SSSR count). The fraction of sp³-hybridized carbons (Fsp3) is 0.421. The summed E-state index contributed by atoms with van der Waals surface area (Å²) in [4.78, 5) is 17.4. The average molecular weight is 343 g/mol. The molecule has 1 aromatic heterocycles. The summed E-state index contributed by atoms with van der Waals surface area (Å²) in [5, 5.41) is 0. The van der Waals surface area contributed by atoms with Gasteiger partial charge in [-0.1, -0.05) is 18.2 Å². The zero-order valence-corrected chi connectivity index (χ0v) is 15.0. The van der Waals surface area contributed by atoms with Crippen molar-refractivity contribution in [2.45, 2.75) is 12.5 Å². The van der Waals surface area contributed by atoms with E-state index in [-0.39, 0.29) is 11.9 Å². The number of carbonyl (C=O) groups is 1. The van der Waals surface area contributed by atoms with Gasteiger partial charge in [-0.15, -0.1) is 0 Å². The van der Waals surface area contributed by atoms with E-state index < -0.39 is 0 Å². The third-order valence-electron chi connectivity index (χ3n) is 4.58. The highest BCUT2D eigenvalue weighted by Gasteiger charge is 2.28. The number of benzene rings is 1. The van der Waals surface area contributed by atoms with E-state index in [1.165, 1.54) is 5.69 Å². The Morgan fingerprint density at radius 1 is 1.04 bits per heavy atom. The molecule has 0 N–H and O–H groups in total. The molecule has 2 aromatic rings. The lowest BCUT2D eigenvalue weighted by Crippen LogP contribution is -2.50. The molecular weight excluding hydrogens is 318 g/mol. The topological polar surface area (TPSA) is 28.5 Å². The summed E-state index contributed by atoms with van der Waals surface area (Å²) in [6.45, 7) is 3.39. The lowest BCUT2D eigenvalue weighted by molar-refractivity contribution is -0.135. The van der Waals surface area contributed by atoms with E-state index >= 15 is 0 Å². The summed E-state index contributed by atoms with van der Waals surface area (Å²) in [7, 11) is 0. The van der Waals surface area contributed by atoms with E-state index in [4.69, 9.17) is 0 Å². The smallest absolute Gasteiger partial charge is 0.245 e. The number of hydrogen-bond acceptors (Lipinski definition) is 3. The molecule has 1 fully saturated rings. The molecule has 2 heterocycles. The van der Waals surface area contributed by atoms with Gasteiger partial charge in [0.2, 0.25) is 5.91 Å². The molecule has 0 bridgehead atoms. The van der Waals surface area contributed by atoms with Crippen molar-refractivity contribution in [2.75, 3.05) is 43.1 Å². The Kier molecular flexibility index (Phi) is 5.86. The van der Waals surface area contributed by atoms with Crippen LogP contribution in [0.3, 0.4) is 0 Å². The molecule has 0 unspecified atom stereocenters. The Hall–Kier alpha value is -1.88. The number of para-hydroxylation sites is 1. The fourth-order valence-corrected chi connectivity index (χ4v) is 3.68. The van der Waals surface area contributed by atoms with Gasteiger partial charge in [-0.2, -0.15) is 11.8 Å². The molecule has 1 atom stereocenters. The minimum Gasteiger partial charge on any atom is -0.368 e. The van der Waals surface area contributed by atoms with Gasteiger partial charge >= 0.3 is 0 Å². The van der Waals surface area contributed by atoms with E-state index in [9.17, 15) is 4.79 Å². The minimum atomic E-state index is -0.0734. The monoisotopic (exact) mass is 343 g/mol. The van der Waals surface area contributed by atoms with E-state index in [1.54, 1.807) is 11.8 Å². The van der Waals surface area contributed by atoms with Crippen LogP contribution >= 0.6 is 11.8 Å². The first kappa shape index (κ1) is 17.0. The van der Waals surface area contributed by atoms with Gasteiger partial charge in [-0.3, -0.25) is 4.79 Å². The molecule has 1 aromatic carbocycles. The Balaban J connectivity index is 1.62. The number of thioether (sulfide) groups is 1. The molecule has 4 nitrogen and oxygen atoms in total. The summed E-state index contributed by atoms with van der Waals surface area (Å²) in [6.07, 6.45) is 6.98. The van der Waals surface area contributed by atoms with Crippen LogP contribution in [0.25, 0.3) is 0 Å². The van der Waals surface area contributed by atoms with Gasteiger partial charge in [-0.05, 0) is 42.7 Å². The molecule has 0 radical (unpaired) electrons.